The van der Waals surface area contributed by atoms with Gasteiger partial charge in [0, 0.05) is 36.2 Å². The molecule has 4 rings (SSSR count). The second-order valence-electron chi connectivity index (χ2n) is 6.49. The standard InChI is InChI=1S/C21H20FN3S/c1-15-7-2-5-10-18(15)23-21(26)25-14-13-24-12-6-11-19(24)20(25)16-8-3-4-9-17(16)22/h2-12,20H,13-14H2,1H3,(H,23,26)/t20-/m0/s1. The van der Waals surface area contributed by atoms with E-state index in [0.717, 1.165) is 30.0 Å². The summed E-state index contributed by atoms with van der Waals surface area (Å²) in [6.45, 7) is 3.59. The molecule has 2 heterocycles. The highest BCUT2D eigenvalue weighted by molar-refractivity contribution is 7.80. The van der Waals surface area contributed by atoms with Crippen molar-refractivity contribution in [2.24, 2.45) is 0 Å². The SMILES string of the molecule is Cc1ccccc1NC(=S)N1CCn2cccc2[C@@H]1c1ccccc1F. The summed E-state index contributed by atoms with van der Waals surface area (Å²) < 4.78 is 16.8. The van der Waals surface area contributed by atoms with Gasteiger partial charge in [-0.2, -0.15) is 0 Å². The van der Waals surface area contributed by atoms with Gasteiger partial charge >= 0.3 is 0 Å². The highest BCUT2D eigenvalue weighted by Gasteiger charge is 2.32. The van der Waals surface area contributed by atoms with Crippen LogP contribution in [0.3, 0.4) is 0 Å². The summed E-state index contributed by atoms with van der Waals surface area (Å²) in [5.74, 6) is -0.212. The molecule has 0 radical (unpaired) electrons. The third-order valence-electron chi connectivity index (χ3n) is 4.89. The van der Waals surface area contributed by atoms with E-state index in [9.17, 15) is 4.39 Å². The van der Waals surface area contributed by atoms with Gasteiger partial charge in [-0.3, -0.25) is 0 Å². The highest BCUT2D eigenvalue weighted by Crippen LogP contribution is 2.34. The van der Waals surface area contributed by atoms with Crippen LogP contribution >= 0.6 is 12.2 Å². The third kappa shape index (κ3) is 2.99. The number of benzene rings is 2. The van der Waals surface area contributed by atoms with E-state index in [-0.39, 0.29) is 11.9 Å². The van der Waals surface area contributed by atoms with Crippen LogP contribution in [-0.2, 0) is 6.54 Å². The molecular formula is C21H20FN3S. The number of nitrogens with one attached hydrogen (secondary N) is 1. The van der Waals surface area contributed by atoms with Crippen molar-refractivity contribution in [3.63, 3.8) is 0 Å². The van der Waals surface area contributed by atoms with Crippen molar-refractivity contribution in [2.45, 2.75) is 19.5 Å². The number of nitrogens with zero attached hydrogens (tertiary/aromatic N) is 2. The number of hydrogen-bond acceptors (Lipinski definition) is 1. The summed E-state index contributed by atoms with van der Waals surface area (Å²) >= 11 is 5.72. The lowest BCUT2D eigenvalue weighted by Gasteiger charge is -2.39. The predicted molar refractivity (Wildman–Crippen MR) is 107 cm³/mol. The van der Waals surface area contributed by atoms with E-state index >= 15 is 0 Å². The Labute approximate surface area is 158 Å². The number of aromatic nitrogens is 1. The van der Waals surface area contributed by atoms with Crippen molar-refractivity contribution >= 4 is 23.0 Å². The molecule has 5 heteroatoms. The Bertz CT molecular complexity index is 950. The molecule has 3 nitrogen and oxygen atoms in total. The molecule has 0 spiro atoms. The molecular weight excluding hydrogens is 345 g/mol. The zero-order valence-corrected chi connectivity index (χ0v) is 15.3. The van der Waals surface area contributed by atoms with Gasteiger partial charge in [-0.05, 0) is 49.0 Å². The van der Waals surface area contributed by atoms with Crippen LogP contribution in [0.1, 0.15) is 22.9 Å². The summed E-state index contributed by atoms with van der Waals surface area (Å²) in [6.07, 6.45) is 2.04. The van der Waals surface area contributed by atoms with Gasteiger partial charge in [0.2, 0.25) is 0 Å². The van der Waals surface area contributed by atoms with Gasteiger partial charge in [-0.15, -0.1) is 0 Å². The number of anilines is 1. The predicted octanol–water partition coefficient (Wildman–Crippen LogP) is 4.74. The lowest BCUT2D eigenvalue weighted by Crippen LogP contribution is -2.44. The fraction of sp³-hybridized carbons (Fsp3) is 0.190. The monoisotopic (exact) mass is 365 g/mol. The first kappa shape index (κ1) is 16.8. The molecule has 26 heavy (non-hydrogen) atoms. The number of thiocarbonyl (C=S) groups is 1. The summed E-state index contributed by atoms with van der Waals surface area (Å²) in [7, 11) is 0. The van der Waals surface area contributed by atoms with Gasteiger partial charge in [0.15, 0.2) is 5.11 Å². The van der Waals surface area contributed by atoms with Crippen LogP contribution in [0.2, 0.25) is 0 Å². The van der Waals surface area contributed by atoms with Crippen LogP contribution in [0.25, 0.3) is 0 Å². The number of hydrogen-bond donors (Lipinski definition) is 1. The molecule has 1 aromatic heterocycles. The molecule has 0 amide bonds. The minimum absolute atomic E-state index is 0.212. The molecule has 132 valence electrons. The normalized spacial score (nSPS) is 16.2. The molecule has 0 unspecified atom stereocenters. The van der Waals surface area contributed by atoms with Gasteiger partial charge in [0.1, 0.15) is 5.82 Å². The van der Waals surface area contributed by atoms with E-state index in [0.29, 0.717) is 10.7 Å². The highest BCUT2D eigenvalue weighted by atomic mass is 32.1. The van der Waals surface area contributed by atoms with E-state index in [2.05, 4.69) is 14.8 Å². The first-order valence-corrected chi connectivity index (χ1v) is 9.08. The van der Waals surface area contributed by atoms with Crippen LogP contribution in [0.5, 0.6) is 0 Å². The topological polar surface area (TPSA) is 20.2 Å². The molecule has 0 aliphatic carbocycles. The second-order valence-corrected chi connectivity index (χ2v) is 6.88. The van der Waals surface area contributed by atoms with E-state index in [1.807, 2.05) is 61.7 Å². The minimum atomic E-state index is -0.246. The number of aryl methyl sites for hydroxylation is 1. The molecule has 1 aliphatic heterocycles. The zero-order chi connectivity index (χ0) is 18.1. The average Bonchev–Trinajstić information content (AvgIpc) is 3.12. The van der Waals surface area contributed by atoms with Crippen LogP contribution in [0.15, 0.2) is 66.9 Å². The average molecular weight is 365 g/mol. The molecule has 3 aromatic rings. The number of fused-ring (bicyclic) bond motifs is 1. The third-order valence-corrected chi connectivity index (χ3v) is 5.22. The molecule has 1 aliphatic rings. The van der Waals surface area contributed by atoms with Crippen LogP contribution in [-0.4, -0.2) is 21.1 Å². The molecule has 0 saturated carbocycles. The van der Waals surface area contributed by atoms with Crippen molar-refractivity contribution in [3.05, 3.63) is 89.5 Å². The van der Waals surface area contributed by atoms with Crippen molar-refractivity contribution in [2.75, 3.05) is 11.9 Å². The van der Waals surface area contributed by atoms with E-state index < -0.39 is 0 Å². The van der Waals surface area contributed by atoms with Gasteiger partial charge < -0.3 is 14.8 Å². The Morgan fingerprint density at radius 3 is 2.62 bits per heavy atom. The van der Waals surface area contributed by atoms with Crippen LogP contribution in [0, 0.1) is 12.7 Å². The molecule has 0 fully saturated rings. The number of rotatable bonds is 2. The first-order valence-electron chi connectivity index (χ1n) is 8.68. The molecule has 0 saturated heterocycles. The zero-order valence-electron chi connectivity index (χ0n) is 14.5. The Balaban J connectivity index is 1.71. The lowest BCUT2D eigenvalue weighted by atomic mass is 10.00. The maximum Gasteiger partial charge on any atom is 0.174 e. The molecule has 2 aromatic carbocycles. The maximum atomic E-state index is 14.6. The fourth-order valence-corrected chi connectivity index (χ4v) is 3.83. The quantitative estimate of drug-likeness (QED) is 0.663. The van der Waals surface area contributed by atoms with Crippen LogP contribution < -0.4 is 5.32 Å². The Morgan fingerprint density at radius 1 is 1.04 bits per heavy atom. The van der Waals surface area contributed by atoms with Gasteiger partial charge in [-0.25, -0.2) is 4.39 Å². The molecule has 0 bridgehead atoms. The first-order chi connectivity index (χ1) is 12.6. The van der Waals surface area contributed by atoms with E-state index in [1.54, 1.807) is 6.07 Å². The van der Waals surface area contributed by atoms with Crippen molar-refractivity contribution in [1.82, 2.24) is 9.47 Å². The van der Waals surface area contributed by atoms with Crippen molar-refractivity contribution in [3.8, 4) is 0 Å². The summed E-state index contributed by atoms with van der Waals surface area (Å²) in [5.41, 5.74) is 3.79. The van der Waals surface area contributed by atoms with Gasteiger partial charge in [0.05, 0.1) is 6.04 Å². The number of para-hydroxylation sites is 1. The lowest BCUT2D eigenvalue weighted by molar-refractivity contribution is 0.288. The van der Waals surface area contributed by atoms with Crippen molar-refractivity contribution in [1.29, 1.82) is 0 Å². The Morgan fingerprint density at radius 2 is 1.81 bits per heavy atom. The second kappa shape index (κ2) is 6.92. The Kier molecular flexibility index (Phi) is 4.47. The smallest absolute Gasteiger partial charge is 0.174 e. The van der Waals surface area contributed by atoms with Gasteiger partial charge in [-0.1, -0.05) is 36.4 Å². The largest absolute Gasteiger partial charge is 0.348 e. The number of halogens is 1. The van der Waals surface area contributed by atoms with Gasteiger partial charge in [0.25, 0.3) is 0 Å². The maximum absolute atomic E-state index is 14.6. The van der Waals surface area contributed by atoms with E-state index in [1.165, 1.54) is 6.07 Å². The Hall–Kier alpha value is -2.66. The molecule has 1 N–H and O–H groups in total. The summed E-state index contributed by atoms with van der Waals surface area (Å²) in [6, 6.07) is 18.8. The van der Waals surface area contributed by atoms with E-state index in [4.69, 9.17) is 12.2 Å². The van der Waals surface area contributed by atoms with Crippen molar-refractivity contribution < 1.29 is 4.39 Å². The fourth-order valence-electron chi connectivity index (χ4n) is 3.53. The minimum Gasteiger partial charge on any atom is -0.348 e. The molecule has 1 atom stereocenters. The summed E-state index contributed by atoms with van der Waals surface area (Å²) in [4.78, 5) is 2.08. The summed E-state index contributed by atoms with van der Waals surface area (Å²) in [5, 5.41) is 3.96. The van der Waals surface area contributed by atoms with Crippen LogP contribution in [0.4, 0.5) is 10.1 Å².